The molecule has 0 amide bonds. The molecule has 1 N–H and O–H groups in total. The Balaban J connectivity index is 2.54. The fraction of sp³-hybridized carbons (Fsp3) is 0.778. The van der Waals surface area contributed by atoms with Gasteiger partial charge in [0.15, 0.2) is 0 Å². The van der Waals surface area contributed by atoms with Gasteiger partial charge in [-0.2, -0.15) is 0 Å². The van der Waals surface area contributed by atoms with Crippen molar-refractivity contribution in [3.63, 3.8) is 0 Å². The highest BCUT2D eigenvalue weighted by atomic mass is 16.4. The summed E-state index contributed by atoms with van der Waals surface area (Å²) in [5.41, 5.74) is 0. The minimum Gasteiger partial charge on any atom is -0.481 e. The fourth-order valence-electron chi connectivity index (χ4n) is 2.01. The van der Waals surface area contributed by atoms with E-state index in [4.69, 9.17) is 5.11 Å². The van der Waals surface area contributed by atoms with Crippen molar-refractivity contribution in [1.29, 1.82) is 0 Å². The van der Waals surface area contributed by atoms with E-state index in [0.29, 0.717) is 6.42 Å². The van der Waals surface area contributed by atoms with Gasteiger partial charge in [0, 0.05) is 18.8 Å². The maximum atomic E-state index is 11.2. The Morgan fingerprint density at radius 3 is 2.83 bits per heavy atom. The van der Waals surface area contributed by atoms with Crippen molar-refractivity contribution in [2.24, 2.45) is 11.8 Å². The number of carboxylic acid groups (broad SMARTS) is 1. The molecular formula is C9H14O3. The van der Waals surface area contributed by atoms with E-state index in [-0.39, 0.29) is 24.0 Å². The Hall–Kier alpha value is -0.860. The van der Waals surface area contributed by atoms with Gasteiger partial charge in [-0.15, -0.1) is 0 Å². The van der Waals surface area contributed by atoms with Crippen LogP contribution in [0.5, 0.6) is 0 Å². The average Bonchev–Trinajstić information content (AvgIpc) is 2.30. The van der Waals surface area contributed by atoms with Crippen LogP contribution in [0.4, 0.5) is 0 Å². The number of hydrogen-bond acceptors (Lipinski definition) is 2. The summed E-state index contributed by atoms with van der Waals surface area (Å²) in [6.45, 7) is 1.95. The number of carbonyl (C=O) groups is 2. The summed E-state index contributed by atoms with van der Waals surface area (Å²) < 4.78 is 0. The Kier molecular flexibility index (Phi) is 2.84. The molecule has 1 rings (SSSR count). The molecule has 3 heteroatoms. The van der Waals surface area contributed by atoms with Gasteiger partial charge < -0.3 is 5.11 Å². The van der Waals surface area contributed by atoms with Crippen molar-refractivity contribution >= 4 is 11.8 Å². The molecule has 12 heavy (non-hydrogen) atoms. The zero-order valence-corrected chi connectivity index (χ0v) is 7.25. The van der Waals surface area contributed by atoms with Crippen molar-refractivity contribution in [2.75, 3.05) is 0 Å². The number of Topliss-reactive ketones (excluding diaryl/α,β-unsaturated/α-hetero) is 1. The molecule has 2 atom stereocenters. The molecule has 0 spiro atoms. The van der Waals surface area contributed by atoms with Gasteiger partial charge in [0.05, 0.1) is 0 Å². The molecule has 0 aromatic rings. The third-order valence-electron chi connectivity index (χ3n) is 2.62. The summed E-state index contributed by atoms with van der Waals surface area (Å²) in [5.74, 6) is -0.419. The van der Waals surface area contributed by atoms with Crippen LogP contribution < -0.4 is 0 Å². The maximum absolute atomic E-state index is 11.2. The van der Waals surface area contributed by atoms with E-state index < -0.39 is 5.97 Å². The second-order valence-electron chi connectivity index (χ2n) is 3.38. The minimum atomic E-state index is -0.784. The zero-order valence-electron chi connectivity index (χ0n) is 7.25. The Bertz CT molecular complexity index is 198. The molecule has 0 aliphatic heterocycles. The van der Waals surface area contributed by atoms with E-state index in [2.05, 4.69) is 0 Å². The van der Waals surface area contributed by atoms with Gasteiger partial charge in [0.2, 0.25) is 0 Å². The first-order valence-electron chi connectivity index (χ1n) is 4.39. The first kappa shape index (κ1) is 9.23. The van der Waals surface area contributed by atoms with Crippen LogP contribution in [0.1, 0.15) is 32.6 Å². The summed E-state index contributed by atoms with van der Waals surface area (Å²) >= 11 is 0. The SMILES string of the molecule is CCC1C(=O)CCC1CC(=O)O. The smallest absolute Gasteiger partial charge is 0.303 e. The topological polar surface area (TPSA) is 54.4 Å². The van der Waals surface area contributed by atoms with E-state index in [9.17, 15) is 9.59 Å². The second-order valence-corrected chi connectivity index (χ2v) is 3.38. The van der Waals surface area contributed by atoms with Crippen molar-refractivity contribution in [3.05, 3.63) is 0 Å². The van der Waals surface area contributed by atoms with Crippen LogP contribution in [0, 0.1) is 11.8 Å². The van der Waals surface area contributed by atoms with Crippen LogP contribution in [0.2, 0.25) is 0 Å². The Morgan fingerprint density at radius 2 is 2.33 bits per heavy atom. The normalized spacial score (nSPS) is 29.2. The summed E-state index contributed by atoms with van der Waals surface area (Å²) in [6, 6.07) is 0. The molecule has 3 nitrogen and oxygen atoms in total. The molecular weight excluding hydrogens is 156 g/mol. The van der Waals surface area contributed by atoms with Gasteiger partial charge in [0.25, 0.3) is 0 Å². The highest BCUT2D eigenvalue weighted by Gasteiger charge is 2.34. The lowest BCUT2D eigenvalue weighted by Crippen LogP contribution is -2.16. The van der Waals surface area contributed by atoms with E-state index in [0.717, 1.165) is 12.8 Å². The molecule has 0 radical (unpaired) electrons. The monoisotopic (exact) mass is 170 g/mol. The van der Waals surface area contributed by atoms with E-state index >= 15 is 0 Å². The van der Waals surface area contributed by atoms with Gasteiger partial charge in [-0.05, 0) is 18.8 Å². The lowest BCUT2D eigenvalue weighted by atomic mass is 9.90. The van der Waals surface area contributed by atoms with Crippen LogP contribution in [0.3, 0.4) is 0 Å². The molecule has 1 saturated carbocycles. The third-order valence-corrected chi connectivity index (χ3v) is 2.62. The van der Waals surface area contributed by atoms with Crippen LogP contribution >= 0.6 is 0 Å². The number of ketones is 1. The van der Waals surface area contributed by atoms with Crippen molar-refractivity contribution < 1.29 is 14.7 Å². The first-order chi connectivity index (χ1) is 5.65. The third kappa shape index (κ3) is 1.84. The molecule has 68 valence electrons. The Labute approximate surface area is 71.8 Å². The molecule has 0 heterocycles. The number of hydrogen-bond donors (Lipinski definition) is 1. The highest BCUT2D eigenvalue weighted by Crippen LogP contribution is 2.33. The lowest BCUT2D eigenvalue weighted by Gasteiger charge is -2.13. The van der Waals surface area contributed by atoms with Gasteiger partial charge in [0.1, 0.15) is 5.78 Å². The second kappa shape index (κ2) is 3.70. The highest BCUT2D eigenvalue weighted by molar-refractivity contribution is 5.84. The van der Waals surface area contributed by atoms with Crippen molar-refractivity contribution in [1.82, 2.24) is 0 Å². The molecule has 2 unspecified atom stereocenters. The quantitative estimate of drug-likeness (QED) is 0.697. The number of rotatable bonds is 3. The van der Waals surface area contributed by atoms with Crippen molar-refractivity contribution in [2.45, 2.75) is 32.6 Å². The van der Waals surface area contributed by atoms with Crippen LogP contribution in [-0.4, -0.2) is 16.9 Å². The summed E-state index contributed by atoms with van der Waals surface area (Å²) in [4.78, 5) is 21.6. The van der Waals surface area contributed by atoms with Gasteiger partial charge in [-0.1, -0.05) is 6.92 Å². The largest absolute Gasteiger partial charge is 0.481 e. The molecule has 0 aromatic carbocycles. The molecule has 1 fully saturated rings. The predicted molar refractivity (Wildman–Crippen MR) is 43.8 cm³/mol. The summed E-state index contributed by atoms with van der Waals surface area (Å²) in [7, 11) is 0. The summed E-state index contributed by atoms with van der Waals surface area (Å²) in [5, 5.41) is 8.56. The lowest BCUT2D eigenvalue weighted by molar-refractivity contribution is -0.138. The Morgan fingerprint density at radius 1 is 1.67 bits per heavy atom. The molecule has 0 saturated heterocycles. The number of aliphatic carboxylic acids is 1. The minimum absolute atomic E-state index is 0.0149. The number of carbonyl (C=O) groups excluding carboxylic acids is 1. The van der Waals surface area contributed by atoms with E-state index in [1.165, 1.54) is 0 Å². The fourth-order valence-corrected chi connectivity index (χ4v) is 2.01. The van der Waals surface area contributed by atoms with Crippen LogP contribution in [0.25, 0.3) is 0 Å². The van der Waals surface area contributed by atoms with Crippen LogP contribution in [-0.2, 0) is 9.59 Å². The predicted octanol–water partition coefficient (Wildman–Crippen LogP) is 1.47. The number of carboxylic acids is 1. The van der Waals surface area contributed by atoms with Crippen LogP contribution in [0.15, 0.2) is 0 Å². The van der Waals surface area contributed by atoms with E-state index in [1.807, 2.05) is 6.92 Å². The average molecular weight is 170 g/mol. The van der Waals surface area contributed by atoms with E-state index in [1.54, 1.807) is 0 Å². The molecule has 0 bridgehead atoms. The molecule has 1 aliphatic rings. The standard InChI is InChI=1S/C9H14O3/c1-2-7-6(5-9(11)12)3-4-8(7)10/h6-7H,2-5H2,1H3,(H,11,12). The van der Waals surface area contributed by atoms with Gasteiger partial charge >= 0.3 is 5.97 Å². The molecule has 1 aliphatic carbocycles. The first-order valence-corrected chi connectivity index (χ1v) is 4.39. The van der Waals surface area contributed by atoms with Gasteiger partial charge in [-0.25, -0.2) is 0 Å². The van der Waals surface area contributed by atoms with Gasteiger partial charge in [-0.3, -0.25) is 9.59 Å². The zero-order chi connectivity index (χ0) is 9.14. The van der Waals surface area contributed by atoms with Crippen molar-refractivity contribution in [3.8, 4) is 0 Å². The summed E-state index contributed by atoms with van der Waals surface area (Å²) in [6.07, 6.45) is 2.29. The molecule has 0 aromatic heterocycles. The maximum Gasteiger partial charge on any atom is 0.303 e.